The number of hydrogen-bond acceptors (Lipinski definition) is 1. The molecule has 2 atom stereocenters. The molecule has 19 heavy (non-hydrogen) atoms. The van der Waals surface area contributed by atoms with E-state index >= 15 is 0 Å². The van der Waals surface area contributed by atoms with Gasteiger partial charge in [-0.1, -0.05) is 0 Å². The molecular weight excluding hydrogens is 269 g/mol. The Labute approximate surface area is 104 Å². The average Bonchev–Trinajstić information content (AvgIpc) is 2.94. The standard InChI is InChI=1S/C12H8F5NO/c13-7-3-11(7)4-18-10(19)5-1-2-6(12(15,16)17)9(14)8(5)11/h1-2,7H,3-4H2,(H,18,19)/t7-,11+/m0/s1. The molecule has 1 fully saturated rings. The van der Waals surface area contributed by atoms with Crippen molar-refractivity contribution >= 4 is 5.91 Å². The lowest BCUT2D eigenvalue weighted by atomic mass is 9.85. The van der Waals surface area contributed by atoms with Crippen LogP contribution < -0.4 is 5.32 Å². The summed E-state index contributed by atoms with van der Waals surface area (Å²) >= 11 is 0. The van der Waals surface area contributed by atoms with E-state index in [0.29, 0.717) is 6.07 Å². The summed E-state index contributed by atoms with van der Waals surface area (Å²) in [4.78, 5) is 11.5. The Kier molecular flexibility index (Phi) is 2.25. The number of hydrogen-bond donors (Lipinski definition) is 1. The van der Waals surface area contributed by atoms with Crippen LogP contribution in [0.2, 0.25) is 0 Å². The predicted octanol–water partition coefficient (Wildman–Crippen LogP) is 2.57. The van der Waals surface area contributed by atoms with Crippen molar-refractivity contribution in [2.75, 3.05) is 6.54 Å². The van der Waals surface area contributed by atoms with E-state index in [2.05, 4.69) is 5.32 Å². The summed E-state index contributed by atoms with van der Waals surface area (Å²) in [6.07, 6.45) is -6.36. The highest BCUT2D eigenvalue weighted by molar-refractivity contribution is 5.98. The molecular formula is C12H8F5NO. The minimum absolute atomic E-state index is 0.0709. The van der Waals surface area contributed by atoms with E-state index in [9.17, 15) is 26.7 Å². The van der Waals surface area contributed by atoms with Crippen molar-refractivity contribution in [2.45, 2.75) is 24.2 Å². The zero-order chi connectivity index (χ0) is 14.0. The third-order valence-corrected chi connectivity index (χ3v) is 3.74. The van der Waals surface area contributed by atoms with Gasteiger partial charge in [0.05, 0.1) is 11.0 Å². The van der Waals surface area contributed by atoms with Crippen molar-refractivity contribution in [3.8, 4) is 0 Å². The molecule has 1 amide bonds. The van der Waals surface area contributed by atoms with E-state index in [1.54, 1.807) is 0 Å². The predicted molar refractivity (Wildman–Crippen MR) is 54.9 cm³/mol. The van der Waals surface area contributed by atoms with Crippen LogP contribution in [0.5, 0.6) is 0 Å². The molecule has 1 saturated carbocycles. The van der Waals surface area contributed by atoms with Crippen LogP contribution in [0.3, 0.4) is 0 Å². The van der Waals surface area contributed by atoms with Crippen LogP contribution >= 0.6 is 0 Å². The van der Waals surface area contributed by atoms with Crippen LogP contribution in [0.1, 0.15) is 27.9 Å². The molecule has 2 aliphatic rings. The summed E-state index contributed by atoms with van der Waals surface area (Å²) in [6.45, 7) is -0.168. The van der Waals surface area contributed by atoms with Gasteiger partial charge in [-0.2, -0.15) is 13.2 Å². The lowest BCUT2D eigenvalue weighted by Crippen LogP contribution is -2.41. The highest BCUT2D eigenvalue weighted by atomic mass is 19.4. The number of halogens is 5. The molecule has 1 aromatic rings. The smallest absolute Gasteiger partial charge is 0.351 e. The summed E-state index contributed by atoms with van der Waals surface area (Å²) < 4.78 is 65.5. The van der Waals surface area contributed by atoms with Gasteiger partial charge in [0.15, 0.2) is 0 Å². The largest absolute Gasteiger partial charge is 0.419 e. The number of fused-ring (bicyclic) bond motifs is 2. The van der Waals surface area contributed by atoms with Crippen molar-refractivity contribution in [3.63, 3.8) is 0 Å². The summed E-state index contributed by atoms with van der Waals surface area (Å²) in [5, 5.41) is 2.38. The molecule has 7 heteroatoms. The summed E-state index contributed by atoms with van der Waals surface area (Å²) in [5.74, 6) is -2.20. The van der Waals surface area contributed by atoms with Crippen LogP contribution in [0.25, 0.3) is 0 Å². The fourth-order valence-corrected chi connectivity index (χ4v) is 2.60. The fourth-order valence-electron chi connectivity index (χ4n) is 2.60. The molecule has 0 bridgehead atoms. The molecule has 2 nitrogen and oxygen atoms in total. The van der Waals surface area contributed by atoms with E-state index in [0.717, 1.165) is 6.07 Å². The van der Waals surface area contributed by atoms with E-state index in [4.69, 9.17) is 0 Å². The first kappa shape index (κ1) is 12.4. The number of nitrogens with one attached hydrogen (secondary N) is 1. The van der Waals surface area contributed by atoms with Gasteiger partial charge in [-0.3, -0.25) is 4.79 Å². The van der Waals surface area contributed by atoms with Crippen molar-refractivity contribution in [2.24, 2.45) is 0 Å². The SMILES string of the molecule is O=C1NC[C@@]2(C[C@@H]2F)c2c1ccc(C(F)(F)F)c2F. The maximum atomic E-state index is 14.1. The Morgan fingerprint density at radius 1 is 1.32 bits per heavy atom. The molecule has 1 aliphatic heterocycles. The highest BCUT2D eigenvalue weighted by Crippen LogP contribution is 2.54. The minimum Gasteiger partial charge on any atom is -0.351 e. The zero-order valence-corrected chi connectivity index (χ0v) is 9.44. The molecule has 0 unspecified atom stereocenters. The van der Waals surface area contributed by atoms with Gasteiger partial charge in [0.2, 0.25) is 0 Å². The van der Waals surface area contributed by atoms with E-state index in [-0.39, 0.29) is 18.5 Å². The Balaban J connectivity index is 2.25. The first-order valence-electron chi connectivity index (χ1n) is 5.60. The first-order chi connectivity index (χ1) is 8.77. The van der Waals surface area contributed by atoms with Gasteiger partial charge in [-0.05, 0) is 18.6 Å². The van der Waals surface area contributed by atoms with Gasteiger partial charge in [-0.25, -0.2) is 8.78 Å². The van der Waals surface area contributed by atoms with Crippen molar-refractivity contribution in [1.82, 2.24) is 5.32 Å². The lowest BCUT2D eigenvalue weighted by molar-refractivity contribution is -0.140. The van der Waals surface area contributed by atoms with Crippen LogP contribution in [-0.2, 0) is 11.6 Å². The third-order valence-electron chi connectivity index (χ3n) is 3.74. The van der Waals surface area contributed by atoms with Crippen LogP contribution in [-0.4, -0.2) is 18.6 Å². The Morgan fingerprint density at radius 3 is 2.47 bits per heavy atom. The van der Waals surface area contributed by atoms with Crippen LogP contribution in [0, 0.1) is 5.82 Å². The second-order valence-electron chi connectivity index (χ2n) is 4.86. The minimum atomic E-state index is -4.87. The number of benzene rings is 1. The monoisotopic (exact) mass is 277 g/mol. The number of amides is 1. The van der Waals surface area contributed by atoms with Gasteiger partial charge >= 0.3 is 6.18 Å². The summed E-state index contributed by atoms with van der Waals surface area (Å²) in [7, 11) is 0. The number of rotatable bonds is 0. The number of carbonyl (C=O) groups is 1. The molecule has 0 aromatic heterocycles. The quantitative estimate of drug-likeness (QED) is 0.725. The van der Waals surface area contributed by atoms with Gasteiger partial charge in [-0.15, -0.1) is 0 Å². The molecule has 1 heterocycles. The molecule has 0 radical (unpaired) electrons. The lowest BCUT2D eigenvalue weighted by Gasteiger charge is -2.27. The summed E-state index contributed by atoms with van der Waals surface area (Å²) in [5.41, 5.74) is -3.43. The molecule has 1 aliphatic carbocycles. The second-order valence-corrected chi connectivity index (χ2v) is 4.86. The van der Waals surface area contributed by atoms with E-state index in [1.807, 2.05) is 0 Å². The van der Waals surface area contributed by atoms with E-state index in [1.165, 1.54) is 0 Å². The third kappa shape index (κ3) is 1.56. The maximum absolute atomic E-state index is 14.1. The highest BCUT2D eigenvalue weighted by Gasteiger charge is 2.61. The van der Waals surface area contributed by atoms with Gasteiger partial charge in [0.25, 0.3) is 5.91 Å². The van der Waals surface area contributed by atoms with Crippen molar-refractivity contribution in [3.05, 3.63) is 34.6 Å². The average molecular weight is 277 g/mol. The van der Waals surface area contributed by atoms with Crippen LogP contribution in [0.15, 0.2) is 12.1 Å². The van der Waals surface area contributed by atoms with Gasteiger partial charge in [0.1, 0.15) is 12.0 Å². The fraction of sp³-hybridized carbons (Fsp3) is 0.417. The Bertz CT molecular complexity index is 582. The molecule has 102 valence electrons. The van der Waals surface area contributed by atoms with E-state index < -0.39 is 40.6 Å². The topological polar surface area (TPSA) is 29.1 Å². The molecule has 0 saturated heterocycles. The number of carbonyl (C=O) groups excluding carboxylic acids is 1. The zero-order valence-electron chi connectivity index (χ0n) is 9.44. The van der Waals surface area contributed by atoms with Gasteiger partial charge < -0.3 is 5.32 Å². The molecule has 1 spiro atoms. The number of alkyl halides is 4. The molecule has 3 rings (SSSR count). The molecule has 1 aromatic carbocycles. The van der Waals surface area contributed by atoms with Gasteiger partial charge in [0, 0.05) is 17.7 Å². The van der Waals surface area contributed by atoms with Crippen LogP contribution in [0.4, 0.5) is 22.0 Å². The normalized spacial score (nSPS) is 29.1. The second kappa shape index (κ2) is 3.46. The first-order valence-corrected chi connectivity index (χ1v) is 5.60. The Hall–Kier alpha value is -1.66. The Morgan fingerprint density at radius 2 is 1.95 bits per heavy atom. The van der Waals surface area contributed by atoms with Crippen molar-refractivity contribution in [1.29, 1.82) is 0 Å². The van der Waals surface area contributed by atoms with Crippen molar-refractivity contribution < 1.29 is 26.7 Å². The molecule has 1 N–H and O–H groups in total. The maximum Gasteiger partial charge on any atom is 0.419 e. The summed E-state index contributed by atoms with van der Waals surface area (Å²) in [6, 6.07) is 1.42.